The second-order valence-corrected chi connectivity index (χ2v) is 4.36. The van der Waals surface area contributed by atoms with Gasteiger partial charge in [-0.25, -0.2) is 0 Å². The molecule has 94 valence electrons. The Kier molecular flexibility index (Phi) is 3.21. The Labute approximate surface area is 105 Å². The zero-order valence-corrected chi connectivity index (χ0v) is 9.65. The maximum Gasteiger partial charge on any atom is 0.313 e. The second kappa shape index (κ2) is 4.66. The van der Waals surface area contributed by atoms with E-state index in [0.717, 1.165) is 0 Å². The molecule has 0 radical (unpaired) electrons. The number of carboxylic acids is 1. The van der Waals surface area contributed by atoms with Crippen LogP contribution in [0.2, 0.25) is 0 Å². The lowest BCUT2D eigenvalue weighted by atomic mass is 9.79. The standard InChI is InChI=1S/C14H14O4/c15-12-7-2-1-5-10(12)9-14(18)8-4-3-6-11(14)13(16)17/h1-8,11,15,18H,9H2,(H,16,17). The van der Waals surface area contributed by atoms with Crippen molar-refractivity contribution in [3.63, 3.8) is 0 Å². The number of phenols is 1. The van der Waals surface area contributed by atoms with Crippen molar-refractivity contribution >= 4 is 5.97 Å². The summed E-state index contributed by atoms with van der Waals surface area (Å²) in [5.41, 5.74) is -0.995. The van der Waals surface area contributed by atoms with Gasteiger partial charge in [0.25, 0.3) is 0 Å². The van der Waals surface area contributed by atoms with Crippen LogP contribution in [0, 0.1) is 5.92 Å². The first kappa shape index (κ1) is 12.4. The van der Waals surface area contributed by atoms with Crippen LogP contribution in [0.25, 0.3) is 0 Å². The lowest BCUT2D eigenvalue weighted by Gasteiger charge is -2.31. The SMILES string of the molecule is O=C(O)C1C=CC=CC1(O)Cc1ccccc1O. The molecule has 0 amide bonds. The van der Waals surface area contributed by atoms with Gasteiger partial charge >= 0.3 is 5.97 Å². The fourth-order valence-corrected chi connectivity index (χ4v) is 2.10. The van der Waals surface area contributed by atoms with E-state index in [4.69, 9.17) is 5.11 Å². The number of allylic oxidation sites excluding steroid dienone is 2. The van der Waals surface area contributed by atoms with E-state index in [0.29, 0.717) is 5.56 Å². The first-order valence-corrected chi connectivity index (χ1v) is 5.61. The summed E-state index contributed by atoms with van der Waals surface area (Å²) >= 11 is 0. The van der Waals surface area contributed by atoms with Gasteiger partial charge in [-0.1, -0.05) is 42.5 Å². The molecular formula is C14H14O4. The average Bonchev–Trinajstić information content (AvgIpc) is 2.32. The molecule has 0 aromatic heterocycles. The van der Waals surface area contributed by atoms with Gasteiger partial charge in [0.2, 0.25) is 0 Å². The maximum atomic E-state index is 11.1. The minimum absolute atomic E-state index is 0.0531. The van der Waals surface area contributed by atoms with Crippen LogP contribution in [0.3, 0.4) is 0 Å². The van der Waals surface area contributed by atoms with Crippen molar-refractivity contribution in [1.29, 1.82) is 0 Å². The van der Waals surface area contributed by atoms with Crippen molar-refractivity contribution < 1.29 is 20.1 Å². The number of phenolic OH excluding ortho intramolecular Hbond substituents is 1. The topological polar surface area (TPSA) is 77.8 Å². The molecule has 2 atom stereocenters. The normalized spacial score (nSPS) is 26.2. The van der Waals surface area contributed by atoms with E-state index in [-0.39, 0.29) is 12.2 Å². The Morgan fingerprint density at radius 2 is 2.00 bits per heavy atom. The molecule has 3 N–H and O–H groups in total. The molecule has 0 aliphatic heterocycles. The number of rotatable bonds is 3. The summed E-state index contributed by atoms with van der Waals surface area (Å²) in [4.78, 5) is 11.1. The van der Waals surface area contributed by atoms with Gasteiger partial charge in [-0.2, -0.15) is 0 Å². The number of aliphatic hydroxyl groups is 1. The van der Waals surface area contributed by atoms with E-state index in [1.54, 1.807) is 30.4 Å². The van der Waals surface area contributed by atoms with Crippen LogP contribution in [-0.2, 0) is 11.2 Å². The minimum Gasteiger partial charge on any atom is -0.508 e. The number of carboxylic acid groups (broad SMARTS) is 1. The smallest absolute Gasteiger partial charge is 0.313 e. The van der Waals surface area contributed by atoms with E-state index in [1.807, 2.05) is 0 Å². The maximum absolute atomic E-state index is 11.1. The van der Waals surface area contributed by atoms with Gasteiger partial charge < -0.3 is 15.3 Å². The molecule has 2 unspecified atom stereocenters. The lowest BCUT2D eigenvalue weighted by Crippen LogP contribution is -2.42. The van der Waals surface area contributed by atoms with Gasteiger partial charge in [0.05, 0.1) is 0 Å². The predicted octanol–water partition coefficient (Wildman–Crippen LogP) is 1.49. The summed E-state index contributed by atoms with van der Waals surface area (Å²) in [6.07, 6.45) is 6.16. The van der Waals surface area contributed by atoms with Crippen LogP contribution < -0.4 is 0 Å². The Bertz CT molecular complexity index is 518. The Morgan fingerprint density at radius 1 is 1.28 bits per heavy atom. The largest absolute Gasteiger partial charge is 0.508 e. The molecule has 0 saturated heterocycles. The second-order valence-electron chi connectivity index (χ2n) is 4.36. The number of aromatic hydroxyl groups is 1. The summed E-state index contributed by atoms with van der Waals surface area (Å²) in [6.45, 7) is 0. The molecule has 4 heteroatoms. The highest BCUT2D eigenvalue weighted by atomic mass is 16.4. The van der Waals surface area contributed by atoms with Crippen LogP contribution in [0.5, 0.6) is 5.75 Å². The fourth-order valence-electron chi connectivity index (χ4n) is 2.10. The van der Waals surface area contributed by atoms with Crippen molar-refractivity contribution in [2.45, 2.75) is 12.0 Å². The average molecular weight is 246 g/mol. The van der Waals surface area contributed by atoms with E-state index < -0.39 is 17.5 Å². The molecular weight excluding hydrogens is 232 g/mol. The highest BCUT2D eigenvalue weighted by Crippen LogP contribution is 2.31. The van der Waals surface area contributed by atoms with Gasteiger partial charge in [-0.3, -0.25) is 4.79 Å². The molecule has 1 aliphatic rings. The van der Waals surface area contributed by atoms with E-state index in [2.05, 4.69) is 0 Å². The van der Waals surface area contributed by atoms with Crippen LogP contribution in [0.1, 0.15) is 5.56 Å². The molecule has 1 aromatic carbocycles. The fraction of sp³-hybridized carbons (Fsp3) is 0.214. The summed E-state index contributed by atoms with van der Waals surface area (Å²) < 4.78 is 0. The van der Waals surface area contributed by atoms with Crippen molar-refractivity contribution in [2.75, 3.05) is 0 Å². The third-order valence-electron chi connectivity index (χ3n) is 3.07. The predicted molar refractivity (Wildman–Crippen MR) is 66.2 cm³/mol. The lowest BCUT2D eigenvalue weighted by molar-refractivity contribution is -0.146. The molecule has 0 fully saturated rings. The van der Waals surface area contributed by atoms with Gasteiger partial charge in [0.1, 0.15) is 17.3 Å². The Balaban J connectivity index is 2.31. The molecule has 0 saturated carbocycles. The zero-order chi connectivity index (χ0) is 13.2. The zero-order valence-electron chi connectivity index (χ0n) is 9.65. The molecule has 0 spiro atoms. The minimum atomic E-state index is -1.51. The molecule has 0 heterocycles. The number of hydrogen-bond acceptors (Lipinski definition) is 3. The molecule has 1 aliphatic carbocycles. The summed E-state index contributed by atoms with van der Waals surface area (Å²) in [7, 11) is 0. The third-order valence-corrected chi connectivity index (χ3v) is 3.07. The summed E-state index contributed by atoms with van der Waals surface area (Å²) in [6, 6.07) is 6.58. The molecule has 0 bridgehead atoms. The van der Waals surface area contributed by atoms with Crippen LogP contribution in [0.15, 0.2) is 48.6 Å². The number of hydrogen-bond donors (Lipinski definition) is 3. The van der Waals surface area contributed by atoms with Crippen molar-refractivity contribution in [1.82, 2.24) is 0 Å². The number of benzene rings is 1. The Hall–Kier alpha value is -2.07. The van der Waals surface area contributed by atoms with E-state index in [9.17, 15) is 15.0 Å². The first-order chi connectivity index (χ1) is 8.53. The number of carbonyl (C=O) groups is 1. The van der Waals surface area contributed by atoms with Crippen molar-refractivity contribution in [3.05, 3.63) is 54.1 Å². The van der Waals surface area contributed by atoms with Crippen molar-refractivity contribution in [3.8, 4) is 5.75 Å². The number of para-hydroxylation sites is 1. The van der Waals surface area contributed by atoms with Gasteiger partial charge in [0, 0.05) is 6.42 Å². The van der Waals surface area contributed by atoms with Gasteiger partial charge in [-0.05, 0) is 11.6 Å². The molecule has 1 aromatic rings. The quantitative estimate of drug-likeness (QED) is 0.755. The van der Waals surface area contributed by atoms with Crippen LogP contribution in [0.4, 0.5) is 0 Å². The molecule has 4 nitrogen and oxygen atoms in total. The van der Waals surface area contributed by atoms with Crippen molar-refractivity contribution in [2.24, 2.45) is 5.92 Å². The van der Waals surface area contributed by atoms with E-state index in [1.165, 1.54) is 18.2 Å². The van der Waals surface area contributed by atoms with E-state index >= 15 is 0 Å². The molecule has 18 heavy (non-hydrogen) atoms. The Morgan fingerprint density at radius 3 is 2.67 bits per heavy atom. The first-order valence-electron chi connectivity index (χ1n) is 5.61. The van der Waals surface area contributed by atoms with Gasteiger partial charge in [-0.15, -0.1) is 0 Å². The third kappa shape index (κ3) is 2.28. The van der Waals surface area contributed by atoms with Crippen LogP contribution in [-0.4, -0.2) is 26.9 Å². The monoisotopic (exact) mass is 246 g/mol. The highest BCUT2D eigenvalue weighted by molar-refractivity contribution is 5.75. The summed E-state index contributed by atoms with van der Waals surface area (Å²) in [5.74, 6) is -2.05. The summed E-state index contributed by atoms with van der Waals surface area (Å²) in [5, 5.41) is 29.2. The van der Waals surface area contributed by atoms with Gasteiger partial charge in [0.15, 0.2) is 0 Å². The highest BCUT2D eigenvalue weighted by Gasteiger charge is 2.39. The van der Waals surface area contributed by atoms with Crippen LogP contribution >= 0.6 is 0 Å². The molecule has 2 rings (SSSR count). The number of aliphatic carboxylic acids is 1.